The average molecular weight is 257 g/mol. The number of nitrogens with zero attached hydrogens (tertiary/aromatic N) is 1. The number of carbonyl (C=O) groups excluding carboxylic acids is 1. The van der Waals surface area contributed by atoms with Crippen LogP contribution in [0.15, 0.2) is 12.3 Å². The second-order valence-corrected chi connectivity index (χ2v) is 4.88. The number of nitrogens with one attached hydrogen (secondary N) is 1. The van der Waals surface area contributed by atoms with Crippen molar-refractivity contribution in [2.45, 2.75) is 38.3 Å². The van der Waals surface area contributed by atoms with E-state index < -0.39 is 0 Å². The Kier molecular flexibility index (Phi) is 3.74. The van der Waals surface area contributed by atoms with Crippen molar-refractivity contribution in [1.29, 1.82) is 0 Å². The number of carbonyl (C=O) groups is 1. The Morgan fingerprint density at radius 1 is 1.71 bits per heavy atom. The highest BCUT2D eigenvalue weighted by Gasteiger charge is 2.28. The standard InChI is InChI=1S/C12H17ClN2O2/c1-2-9(7-16)14-12(17)11-5-8(13)6-15(11)10-3-4-10/h5-6,9-10,16H,2-4,7H2,1H3,(H,14,17)/t9-/m1/s1. The molecule has 0 spiro atoms. The van der Waals surface area contributed by atoms with Crippen molar-refractivity contribution < 1.29 is 9.90 Å². The number of aromatic nitrogens is 1. The van der Waals surface area contributed by atoms with Crippen LogP contribution >= 0.6 is 11.6 Å². The van der Waals surface area contributed by atoms with Crippen molar-refractivity contribution in [3.8, 4) is 0 Å². The molecule has 1 aromatic heterocycles. The van der Waals surface area contributed by atoms with Crippen LogP contribution in [-0.4, -0.2) is 28.2 Å². The lowest BCUT2D eigenvalue weighted by Crippen LogP contribution is -2.37. The predicted molar refractivity (Wildman–Crippen MR) is 66.3 cm³/mol. The first-order valence-electron chi connectivity index (χ1n) is 5.94. The van der Waals surface area contributed by atoms with E-state index in [1.807, 2.05) is 11.5 Å². The smallest absolute Gasteiger partial charge is 0.268 e. The van der Waals surface area contributed by atoms with Crippen LogP contribution in [0, 0.1) is 0 Å². The molecule has 1 aliphatic rings. The Labute approximate surface area is 106 Å². The molecular formula is C12H17ClN2O2. The van der Waals surface area contributed by atoms with Crippen molar-refractivity contribution in [3.05, 3.63) is 23.0 Å². The van der Waals surface area contributed by atoms with Crippen LogP contribution in [0.25, 0.3) is 0 Å². The number of hydrogen-bond donors (Lipinski definition) is 2. The van der Waals surface area contributed by atoms with Gasteiger partial charge in [0.15, 0.2) is 0 Å². The zero-order chi connectivity index (χ0) is 12.4. The van der Waals surface area contributed by atoms with Crippen molar-refractivity contribution in [2.75, 3.05) is 6.61 Å². The Morgan fingerprint density at radius 3 is 2.94 bits per heavy atom. The zero-order valence-electron chi connectivity index (χ0n) is 9.82. The number of halogens is 1. The first kappa shape index (κ1) is 12.5. The van der Waals surface area contributed by atoms with E-state index in [2.05, 4.69) is 5.32 Å². The fourth-order valence-electron chi connectivity index (χ4n) is 1.82. The SMILES string of the molecule is CC[C@H](CO)NC(=O)c1cc(Cl)cn1C1CC1. The molecule has 94 valence electrons. The number of aliphatic hydroxyl groups is 1. The van der Waals surface area contributed by atoms with Crippen molar-refractivity contribution in [2.24, 2.45) is 0 Å². The molecule has 1 aromatic rings. The fraction of sp³-hybridized carbons (Fsp3) is 0.583. The molecule has 17 heavy (non-hydrogen) atoms. The van der Waals surface area contributed by atoms with Gasteiger partial charge in [-0.3, -0.25) is 4.79 Å². The largest absolute Gasteiger partial charge is 0.394 e. The lowest BCUT2D eigenvalue weighted by Gasteiger charge is -2.15. The molecule has 2 N–H and O–H groups in total. The number of rotatable bonds is 5. The molecule has 0 radical (unpaired) electrons. The zero-order valence-corrected chi connectivity index (χ0v) is 10.6. The highest BCUT2D eigenvalue weighted by atomic mass is 35.5. The maximum atomic E-state index is 12.0. The fourth-order valence-corrected chi connectivity index (χ4v) is 2.03. The highest BCUT2D eigenvalue weighted by Crippen LogP contribution is 2.37. The Morgan fingerprint density at radius 2 is 2.41 bits per heavy atom. The summed E-state index contributed by atoms with van der Waals surface area (Å²) in [5, 5.41) is 12.5. The molecule has 0 saturated heterocycles. The van der Waals surface area contributed by atoms with Gasteiger partial charge in [0.25, 0.3) is 5.91 Å². The van der Waals surface area contributed by atoms with E-state index in [1.54, 1.807) is 12.3 Å². The lowest BCUT2D eigenvalue weighted by molar-refractivity contribution is 0.0905. The molecule has 1 amide bonds. The molecule has 0 unspecified atom stereocenters. The van der Waals surface area contributed by atoms with Crippen LogP contribution in [0.4, 0.5) is 0 Å². The first-order valence-corrected chi connectivity index (χ1v) is 6.32. The van der Waals surface area contributed by atoms with Crippen LogP contribution in [0.1, 0.15) is 42.7 Å². The summed E-state index contributed by atoms with van der Waals surface area (Å²) < 4.78 is 1.93. The van der Waals surface area contributed by atoms with Crippen LogP contribution in [0.5, 0.6) is 0 Å². The summed E-state index contributed by atoms with van der Waals surface area (Å²) >= 11 is 5.94. The molecule has 4 nitrogen and oxygen atoms in total. The molecule has 1 fully saturated rings. The molecule has 0 aliphatic heterocycles. The summed E-state index contributed by atoms with van der Waals surface area (Å²) in [5.41, 5.74) is 0.587. The van der Waals surface area contributed by atoms with Gasteiger partial charge in [0.2, 0.25) is 0 Å². The van der Waals surface area contributed by atoms with E-state index in [0.717, 1.165) is 12.8 Å². The monoisotopic (exact) mass is 256 g/mol. The van der Waals surface area contributed by atoms with Crippen LogP contribution in [-0.2, 0) is 0 Å². The molecule has 1 atom stereocenters. The first-order chi connectivity index (χ1) is 8.15. The molecule has 1 aliphatic carbocycles. The van der Waals surface area contributed by atoms with Gasteiger partial charge in [-0.15, -0.1) is 0 Å². The minimum atomic E-state index is -0.191. The number of aliphatic hydroxyl groups excluding tert-OH is 1. The van der Waals surface area contributed by atoms with E-state index in [-0.39, 0.29) is 18.6 Å². The summed E-state index contributed by atoms with van der Waals surface area (Å²) in [6, 6.07) is 1.90. The third-order valence-corrected chi connectivity index (χ3v) is 3.24. The Hall–Kier alpha value is -1.00. The average Bonchev–Trinajstić information content (AvgIpc) is 3.09. The molecular weight excluding hydrogens is 240 g/mol. The van der Waals surface area contributed by atoms with E-state index in [1.165, 1.54) is 0 Å². The van der Waals surface area contributed by atoms with Crippen LogP contribution in [0.2, 0.25) is 5.02 Å². The number of hydrogen-bond acceptors (Lipinski definition) is 2. The van der Waals surface area contributed by atoms with Gasteiger partial charge in [-0.1, -0.05) is 18.5 Å². The van der Waals surface area contributed by atoms with Crippen molar-refractivity contribution in [3.63, 3.8) is 0 Å². The normalized spacial score (nSPS) is 16.9. The Bertz CT molecular complexity index is 409. The van der Waals surface area contributed by atoms with E-state index in [9.17, 15) is 4.79 Å². The minimum Gasteiger partial charge on any atom is -0.394 e. The lowest BCUT2D eigenvalue weighted by atomic mass is 10.2. The van der Waals surface area contributed by atoms with Gasteiger partial charge in [0.05, 0.1) is 17.7 Å². The van der Waals surface area contributed by atoms with Gasteiger partial charge in [0.1, 0.15) is 5.69 Å². The van der Waals surface area contributed by atoms with Gasteiger partial charge < -0.3 is 15.0 Å². The topological polar surface area (TPSA) is 54.3 Å². The summed E-state index contributed by atoms with van der Waals surface area (Å²) in [5.74, 6) is -0.162. The van der Waals surface area contributed by atoms with Gasteiger partial charge in [-0.25, -0.2) is 0 Å². The predicted octanol–water partition coefficient (Wildman–Crippen LogP) is 1.98. The number of amides is 1. The molecule has 5 heteroatoms. The van der Waals surface area contributed by atoms with Gasteiger partial charge in [-0.05, 0) is 25.3 Å². The Balaban J connectivity index is 2.12. The van der Waals surface area contributed by atoms with Crippen molar-refractivity contribution >= 4 is 17.5 Å². The summed E-state index contributed by atoms with van der Waals surface area (Å²) in [6.45, 7) is 1.88. The maximum Gasteiger partial charge on any atom is 0.268 e. The second kappa shape index (κ2) is 5.10. The summed E-state index contributed by atoms with van der Waals surface area (Å²) in [7, 11) is 0. The third kappa shape index (κ3) is 2.82. The van der Waals surface area contributed by atoms with Gasteiger partial charge in [0, 0.05) is 12.2 Å². The quantitative estimate of drug-likeness (QED) is 0.846. The van der Waals surface area contributed by atoms with E-state index in [4.69, 9.17) is 16.7 Å². The second-order valence-electron chi connectivity index (χ2n) is 4.44. The minimum absolute atomic E-state index is 0.0416. The van der Waals surface area contributed by atoms with Gasteiger partial charge >= 0.3 is 0 Å². The maximum absolute atomic E-state index is 12.0. The van der Waals surface area contributed by atoms with Crippen LogP contribution in [0.3, 0.4) is 0 Å². The summed E-state index contributed by atoms with van der Waals surface area (Å²) in [4.78, 5) is 12.0. The molecule has 1 saturated carbocycles. The van der Waals surface area contributed by atoms with Gasteiger partial charge in [-0.2, -0.15) is 0 Å². The van der Waals surface area contributed by atoms with E-state index in [0.29, 0.717) is 23.2 Å². The van der Waals surface area contributed by atoms with Crippen LogP contribution < -0.4 is 5.32 Å². The highest BCUT2D eigenvalue weighted by molar-refractivity contribution is 6.31. The molecule has 0 aromatic carbocycles. The molecule has 0 bridgehead atoms. The molecule has 2 rings (SSSR count). The van der Waals surface area contributed by atoms with E-state index >= 15 is 0 Å². The summed E-state index contributed by atoms with van der Waals surface area (Å²) in [6.07, 6.45) is 4.71. The molecule has 1 heterocycles. The third-order valence-electron chi connectivity index (χ3n) is 3.04. The van der Waals surface area contributed by atoms with Crippen molar-refractivity contribution in [1.82, 2.24) is 9.88 Å².